The monoisotopic (exact) mass is 252 g/mol. The normalized spacial score (nSPS) is 20.4. The molecule has 1 aliphatic heterocycles. The van der Waals surface area contributed by atoms with Crippen LogP contribution < -0.4 is 5.32 Å². The van der Waals surface area contributed by atoms with Crippen molar-refractivity contribution in [3.8, 4) is 6.07 Å². The average Bonchev–Trinajstić information content (AvgIpc) is 2.24. The lowest BCUT2D eigenvalue weighted by molar-refractivity contribution is -0.129. The smallest absolute Gasteiger partial charge is 0.317 e. The zero-order chi connectivity index (χ0) is 12.0. The van der Waals surface area contributed by atoms with Crippen LogP contribution in [-0.4, -0.2) is 30.3 Å². The van der Waals surface area contributed by atoms with Crippen molar-refractivity contribution in [2.24, 2.45) is 5.92 Å². The molecule has 1 aliphatic rings. The predicted octanol–water partition coefficient (Wildman–Crippen LogP) is 2.56. The van der Waals surface area contributed by atoms with Crippen LogP contribution in [0.3, 0.4) is 0 Å². The lowest BCUT2D eigenvalue weighted by Crippen LogP contribution is -2.32. The standard InChI is InChI=1S/C10H15F3N2S/c11-10(12,13)3-6-16-9(7-14)8-1-4-15-5-2-8/h8-9,15H,1-6H2. The molecule has 0 aromatic carbocycles. The first-order valence-corrected chi connectivity index (χ1v) is 6.36. The van der Waals surface area contributed by atoms with Crippen LogP contribution in [0.4, 0.5) is 13.2 Å². The Morgan fingerprint density at radius 2 is 2.00 bits per heavy atom. The second-order valence-corrected chi connectivity index (χ2v) is 5.12. The minimum Gasteiger partial charge on any atom is -0.317 e. The summed E-state index contributed by atoms with van der Waals surface area (Å²) in [4.78, 5) is 0. The van der Waals surface area contributed by atoms with E-state index in [0.29, 0.717) is 0 Å². The summed E-state index contributed by atoms with van der Waals surface area (Å²) in [7, 11) is 0. The molecule has 0 aromatic rings. The summed E-state index contributed by atoms with van der Waals surface area (Å²) in [5.41, 5.74) is 0. The zero-order valence-corrected chi connectivity index (χ0v) is 9.70. The number of halogens is 3. The summed E-state index contributed by atoms with van der Waals surface area (Å²) < 4.78 is 35.8. The van der Waals surface area contributed by atoms with E-state index in [1.54, 1.807) is 0 Å². The van der Waals surface area contributed by atoms with Gasteiger partial charge >= 0.3 is 6.18 Å². The van der Waals surface area contributed by atoms with Crippen molar-refractivity contribution in [1.29, 1.82) is 5.26 Å². The van der Waals surface area contributed by atoms with Crippen LogP contribution in [0.15, 0.2) is 0 Å². The molecule has 0 saturated carbocycles. The Labute approximate surface area is 97.6 Å². The minimum absolute atomic E-state index is 0.00828. The van der Waals surface area contributed by atoms with Crippen LogP contribution in [0.25, 0.3) is 0 Å². The Morgan fingerprint density at radius 1 is 1.38 bits per heavy atom. The summed E-state index contributed by atoms with van der Waals surface area (Å²) >= 11 is 1.15. The van der Waals surface area contributed by atoms with E-state index in [1.807, 2.05) is 0 Å². The van der Waals surface area contributed by atoms with Crippen LogP contribution in [-0.2, 0) is 0 Å². The maximum absolute atomic E-state index is 11.9. The van der Waals surface area contributed by atoms with Gasteiger partial charge in [-0.25, -0.2) is 0 Å². The highest BCUT2D eigenvalue weighted by atomic mass is 32.2. The SMILES string of the molecule is N#CC(SCCC(F)(F)F)C1CCNCC1. The highest BCUT2D eigenvalue weighted by molar-refractivity contribution is 8.00. The van der Waals surface area contributed by atoms with Gasteiger partial charge in [-0.15, -0.1) is 11.8 Å². The Morgan fingerprint density at radius 3 is 2.50 bits per heavy atom. The van der Waals surface area contributed by atoms with E-state index in [0.717, 1.165) is 37.7 Å². The van der Waals surface area contributed by atoms with Gasteiger partial charge in [0.2, 0.25) is 0 Å². The number of hydrogen-bond acceptors (Lipinski definition) is 3. The molecule has 1 saturated heterocycles. The third kappa shape index (κ3) is 5.08. The lowest BCUT2D eigenvalue weighted by Gasteiger charge is -2.26. The molecule has 16 heavy (non-hydrogen) atoms. The highest BCUT2D eigenvalue weighted by Gasteiger charge is 2.29. The summed E-state index contributed by atoms with van der Waals surface area (Å²) in [5, 5.41) is 11.8. The van der Waals surface area contributed by atoms with E-state index >= 15 is 0 Å². The summed E-state index contributed by atoms with van der Waals surface area (Å²) in [5.74, 6) is 0.232. The quantitative estimate of drug-likeness (QED) is 0.835. The van der Waals surface area contributed by atoms with Crippen molar-refractivity contribution in [3.63, 3.8) is 0 Å². The molecule has 1 rings (SSSR count). The summed E-state index contributed by atoms with van der Waals surface area (Å²) in [6, 6.07) is 2.13. The van der Waals surface area contributed by atoms with Crippen LogP contribution in [0.1, 0.15) is 19.3 Å². The number of rotatable bonds is 4. The maximum Gasteiger partial charge on any atom is 0.389 e. The Hall–Kier alpha value is -0.410. The van der Waals surface area contributed by atoms with Crippen molar-refractivity contribution >= 4 is 11.8 Å². The molecule has 1 atom stereocenters. The summed E-state index contributed by atoms with van der Waals surface area (Å²) in [6.45, 7) is 1.73. The lowest BCUT2D eigenvalue weighted by atomic mass is 9.95. The Balaban J connectivity index is 2.29. The van der Waals surface area contributed by atoms with Gasteiger partial charge in [0.25, 0.3) is 0 Å². The van der Waals surface area contributed by atoms with E-state index in [9.17, 15) is 13.2 Å². The van der Waals surface area contributed by atoms with Crippen molar-refractivity contribution in [3.05, 3.63) is 0 Å². The number of nitrogens with one attached hydrogen (secondary N) is 1. The minimum atomic E-state index is -4.11. The second-order valence-electron chi connectivity index (χ2n) is 3.87. The molecule has 6 heteroatoms. The molecule has 1 N–H and O–H groups in total. The van der Waals surface area contributed by atoms with Crippen LogP contribution in [0.5, 0.6) is 0 Å². The molecule has 0 spiro atoms. The first kappa shape index (κ1) is 13.7. The molecule has 0 aliphatic carbocycles. The van der Waals surface area contributed by atoms with Gasteiger partial charge in [-0.3, -0.25) is 0 Å². The molecule has 0 radical (unpaired) electrons. The van der Waals surface area contributed by atoms with Crippen LogP contribution >= 0.6 is 11.8 Å². The van der Waals surface area contributed by atoms with Gasteiger partial charge in [0, 0.05) is 5.75 Å². The van der Waals surface area contributed by atoms with Gasteiger partial charge in [0.05, 0.1) is 17.7 Å². The fourth-order valence-corrected chi connectivity index (χ4v) is 2.95. The predicted molar refractivity (Wildman–Crippen MR) is 58.1 cm³/mol. The van der Waals surface area contributed by atoms with E-state index in [-0.39, 0.29) is 16.9 Å². The molecule has 0 amide bonds. The van der Waals surface area contributed by atoms with E-state index < -0.39 is 12.6 Å². The van der Waals surface area contributed by atoms with Gasteiger partial charge in [-0.2, -0.15) is 18.4 Å². The van der Waals surface area contributed by atoms with Gasteiger partial charge in [-0.05, 0) is 31.8 Å². The third-order valence-electron chi connectivity index (χ3n) is 2.62. The molecule has 92 valence electrons. The third-order valence-corrected chi connectivity index (χ3v) is 3.91. The number of nitriles is 1. The van der Waals surface area contributed by atoms with Crippen molar-refractivity contribution in [1.82, 2.24) is 5.32 Å². The van der Waals surface area contributed by atoms with E-state index in [1.165, 1.54) is 0 Å². The number of alkyl halides is 3. The topological polar surface area (TPSA) is 35.8 Å². The van der Waals surface area contributed by atoms with Crippen LogP contribution in [0.2, 0.25) is 0 Å². The Bertz CT molecular complexity index is 243. The van der Waals surface area contributed by atoms with Crippen molar-refractivity contribution < 1.29 is 13.2 Å². The van der Waals surface area contributed by atoms with Crippen LogP contribution in [0, 0.1) is 17.2 Å². The molecule has 1 fully saturated rings. The zero-order valence-electron chi connectivity index (χ0n) is 8.89. The van der Waals surface area contributed by atoms with Gasteiger partial charge in [0.15, 0.2) is 0 Å². The first-order valence-electron chi connectivity index (χ1n) is 5.31. The summed E-state index contributed by atoms with van der Waals surface area (Å²) in [6.07, 6.45) is -3.14. The average molecular weight is 252 g/mol. The van der Waals surface area contributed by atoms with Gasteiger partial charge in [0.1, 0.15) is 0 Å². The molecular weight excluding hydrogens is 237 g/mol. The van der Waals surface area contributed by atoms with E-state index in [2.05, 4.69) is 11.4 Å². The first-order chi connectivity index (χ1) is 7.53. The Kier molecular flexibility index (Phi) is 5.42. The molecular formula is C10H15F3N2S. The van der Waals surface area contributed by atoms with Crippen molar-refractivity contribution in [2.45, 2.75) is 30.7 Å². The number of thioether (sulfide) groups is 1. The number of piperidine rings is 1. The molecule has 1 heterocycles. The van der Waals surface area contributed by atoms with Gasteiger partial charge < -0.3 is 5.32 Å². The molecule has 0 bridgehead atoms. The number of nitrogens with zero attached hydrogens (tertiary/aromatic N) is 1. The number of hydrogen-bond donors (Lipinski definition) is 1. The van der Waals surface area contributed by atoms with Gasteiger partial charge in [-0.1, -0.05) is 0 Å². The second kappa shape index (κ2) is 6.36. The van der Waals surface area contributed by atoms with Crippen molar-refractivity contribution in [2.75, 3.05) is 18.8 Å². The largest absolute Gasteiger partial charge is 0.389 e. The molecule has 0 aromatic heterocycles. The molecule has 2 nitrogen and oxygen atoms in total. The molecule has 1 unspecified atom stereocenters. The fourth-order valence-electron chi connectivity index (χ4n) is 1.73. The van der Waals surface area contributed by atoms with E-state index in [4.69, 9.17) is 5.26 Å². The maximum atomic E-state index is 11.9. The fraction of sp³-hybridized carbons (Fsp3) is 0.900. The highest BCUT2D eigenvalue weighted by Crippen LogP contribution is 2.29.